The fourth-order valence-corrected chi connectivity index (χ4v) is 2.44. The maximum absolute atomic E-state index is 5.93. The average Bonchev–Trinajstić information content (AvgIpc) is 2.71. The van der Waals surface area contributed by atoms with Gasteiger partial charge < -0.3 is 4.57 Å². The molecule has 0 bridgehead atoms. The molecule has 0 aliphatic carbocycles. The minimum Gasteiger partial charge on any atom is -0.309 e. The van der Waals surface area contributed by atoms with Gasteiger partial charge in [-0.1, -0.05) is 32.6 Å². The lowest BCUT2D eigenvalue weighted by Crippen LogP contribution is -2.26. The number of alkyl halides is 1. The maximum Gasteiger partial charge on any atom is 0.148 e. The summed E-state index contributed by atoms with van der Waals surface area (Å²) < 4.78 is 2.19. The van der Waals surface area contributed by atoms with Crippen LogP contribution in [0.25, 0.3) is 0 Å². The molecule has 1 rings (SSSR count). The number of aryl methyl sites for hydroxylation is 1. The third-order valence-corrected chi connectivity index (χ3v) is 3.33. The van der Waals surface area contributed by atoms with E-state index in [0.29, 0.717) is 5.88 Å². The van der Waals surface area contributed by atoms with Gasteiger partial charge in [-0.15, -0.1) is 21.8 Å². The van der Waals surface area contributed by atoms with Gasteiger partial charge in [0.25, 0.3) is 0 Å². The van der Waals surface area contributed by atoms with Crippen molar-refractivity contribution in [2.75, 3.05) is 0 Å². The molecule has 0 saturated heterocycles. The van der Waals surface area contributed by atoms with Gasteiger partial charge in [-0.05, 0) is 27.2 Å². The second-order valence-electron chi connectivity index (χ2n) is 5.84. The van der Waals surface area contributed by atoms with Crippen LogP contribution in [0.3, 0.4) is 0 Å². The Bertz CT molecular complexity index is 352. The number of aromatic nitrogens is 3. The molecule has 0 unspecified atom stereocenters. The summed E-state index contributed by atoms with van der Waals surface area (Å²) in [5.74, 6) is 2.39. The van der Waals surface area contributed by atoms with Crippen LogP contribution < -0.4 is 0 Å². The lowest BCUT2D eigenvalue weighted by molar-refractivity contribution is 0.370. The van der Waals surface area contributed by atoms with Crippen molar-refractivity contribution in [2.45, 2.75) is 77.6 Å². The second-order valence-corrected chi connectivity index (χ2v) is 6.10. The van der Waals surface area contributed by atoms with Gasteiger partial charge in [-0.3, -0.25) is 0 Å². The zero-order chi connectivity index (χ0) is 13.6. The summed E-state index contributed by atoms with van der Waals surface area (Å²) in [6.07, 6.45) is 7.42. The van der Waals surface area contributed by atoms with Crippen LogP contribution in [0.4, 0.5) is 0 Å². The Hall–Kier alpha value is -0.570. The molecule has 4 heteroatoms. The molecule has 0 spiro atoms. The molecular weight excluding hydrogens is 246 g/mol. The number of hydrogen-bond acceptors (Lipinski definition) is 2. The fourth-order valence-electron chi connectivity index (χ4n) is 2.26. The van der Waals surface area contributed by atoms with E-state index in [1.165, 1.54) is 32.1 Å². The van der Waals surface area contributed by atoms with Gasteiger partial charge in [0, 0.05) is 12.0 Å². The molecule has 18 heavy (non-hydrogen) atoms. The van der Waals surface area contributed by atoms with Gasteiger partial charge in [0.1, 0.15) is 11.6 Å². The van der Waals surface area contributed by atoms with E-state index in [4.69, 9.17) is 11.6 Å². The number of halogens is 1. The minimum atomic E-state index is 0.00642. The molecule has 0 aliphatic heterocycles. The largest absolute Gasteiger partial charge is 0.309 e. The van der Waals surface area contributed by atoms with Crippen LogP contribution in [-0.4, -0.2) is 14.8 Å². The summed E-state index contributed by atoms with van der Waals surface area (Å²) in [6, 6.07) is 0. The summed E-state index contributed by atoms with van der Waals surface area (Å²) in [5, 5.41) is 8.50. The molecule has 0 atom stereocenters. The zero-order valence-electron chi connectivity index (χ0n) is 12.2. The van der Waals surface area contributed by atoms with Crippen LogP contribution in [0.2, 0.25) is 0 Å². The highest BCUT2D eigenvalue weighted by Crippen LogP contribution is 2.21. The van der Waals surface area contributed by atoms with E-state index in [0.717, 1.165) is 18.1 Å². The SMILES string of the molecule is CCCCCCCc1nnc(CCl)n1C(C)(C)C. The molecule has 104 valence electrons. The highest BCUT2D eigenvalue weighted by atomic mass is 35.5. The number of hydrogen-bond donors (Lipinski definition) is 0. The van der Waals surface area contributed by atoms with Gasteiger partial charge in [-0.25, -0.2) is 0 Å². The predicted octanol–water partition coefficient (Wildman–Crippen LogP) is 4.28. The summed E-state index contributed by atoms with van der Waals surface area (Å²) in [7, 11) is 0. The molecule has 1 aromatic rings. The topological polar surface area (TPSA) is 30.7 Å². The average molecular weight is 272 g/mol. The quantitative estimate of drug-likeness (QED) is 0.547. The van der Waals surface area contributed by atoms with E-state index < -0.39 is 0 Å². The Labute approximate surface area is 116 Å². The lowest BCUT2D eigenvalue weighted by Gasteiger charge is -2.24. The Morgan fingerprint density at radius 1 is 1.00 bits per heavy atom. The van der Waals surface area contributed by atoms with E-state index in [9.17, 15) is 0 Å². The van der Waals surface area contributed by atoms with Crippen LogP contribution in [0.5, 0.6) is 0 Å². The van der Waals surface area contributed by atoms with Gasteiger partial charge in [0.15, 0.2) is 0 Å². The molecule has 0 radical (unpaired) electrons. The van der Waals surface area contributed by atoms with E-state index in [2.05, 4.69) is 42.5 Å². The normalized spacial score (nSPS) is 12.1. The van der Waals surface area contributed by atoms with E-state index in [1.54, 1.807) is 0 Å². The number of unbranched alkanes of at least 4 members (excludes halogenated alkanes) is 4. The second kappa shape index (κ2) is 7.13. The van der Waals surface area contributed by atoms with Crippen molar-refractivity contribution in [3.63, 3.8) is 0 Å². The van der Waals surface area contributed by atoms with Crippen molar-refractivity contribution in [3.05, 3.63) is 11.6 Å². The van der Waals surface area contributed by atoms with Gasteiger partial charge in [-0.2, -0.15) is 0 Å². The van der Waals surface area contributed by atoms with E-state index in [-0.39, 0.29) is 5.54 Å². The van der Waals surface area contributed by atoms with Crippen molar-refractivity contribution in [2.24, 2.45) is 0 Å². The molecule has 0 amide bonds. The summed E-state index contributed by atoms with van der Waals surface area (Å²) in [5.41, 5.74) is 0.00642. The van der Waals surface area contributed by atoms with Gasteiger partial charge in [0.2, 0.25) is 0 Å². The van der Waals surface area contributed by atoms with Crippen LogP contribution in [-0.2, 0) is 17.8 Å². The summed E-state index contributed by atoms with van der Waals surface area (Å²) >= 11 is 5.93. The van der Waals surface area contributed by atoms with Crippen molar-refractivity contribution in [1.82, 2.24) is 14.8 Å². The first-order valence-electron chi connectivity index (χ1n) is 7.00. The third-order valence-electron chi connectivity index (χ3n) is 3.09. The predicted molar refractivity (Wildman–Crippen MR) is 77.0 cm³/mol. The Morgan fingerprint density at radius 2 is 1.61 bits per heavy atom. The minimum absolute atomic E-state index is 0.00642. The van der Waals surface area contributed by atoms with Crippen LogP contribution in [0.1, 0.15) is 71.4 Å². The van der Waals surface area contributed by atoms with Crippen LogP contribution in [0, 0.1) is 0 Å². The van der Waals surface area contributed by atoms with Crippen LogP contribution >= 0.6 is 11.6 Å². The standard InChI is InChI=1S/C14H26ClN3/c1-5-6-7-8-9-10-12-16-17-13(11-15)18(12)14(2,3)4/h5-11H2,1-4H3. The Balaban J connectivity index is 2.63. The van der Waals surface area contributed by atoms with E-state index in [1.807, 2.05) is 0 Å². The first-order valence-corrected chi connectivity index (χ1v) is 7.53. The van der Waals surface area contributed by atoms with Crippen molar-refractivity contribution in [1.29, 1.82) is 0 Å². The molecule has 0 N–H and O–H groups in total. The first kappa shape index (κ1) is 15.5. The summed E-state index contributed by atoms with van der Waals surface area (Å²) in [4.78, 5) is 0. The van der Waals surface area contributed by atoms with E-state index >= 15 is 0 Å². The van der Waals surface area contributed by atoms with Crippen molar-refractivity contribution < 1.29 is 0 Å². The highest BCUT2D eigenvalue weighted by molar-refractivity contribution is 6.16. The lowest BCUT2D eigenvalue weighted by atomic mass is 10.1. The third kappa shape index (κ3) is 4.27. The monoisotopic (exact) mass is 271 g/mol. The maximum atomic E-state index is 5.93. The van der Waals surface area contributed by atoms with Crippen molar-refractivity contribution in [3.8, 4) is 0 Å². The van der Waals surface area contributed by atoms with Crippen LogP contribution in [0.15, 0.2) is 0 Å². The van der Waals surface area contributed by atoms with Crippen molar-refractivity contribution >= 4 is 11.6 Å². The van der Waals surface area contributed by atoms with Gasteiger partial charge in [0.05, 0.1) is 5.88 Å². The first-order chi connectivity index (χ1) is 8.50. The molecule has 0 saturated carbocycles. The molecule has 1 aromatic heterocycles. The molecule has 0 aliphatic rings. The number of nitrogens with zero attached hydrogens (tertiary/aromatic N) is 3. The zero-order valence-corrected chi connectivity index (χ0v) is 12.9. The molecule has 0 fully saturated rings. The smallest absolute Gasteiger partial charge is 0.148 e. The fraction of sp³-hybridized carbons (Fsp3) is 0.857. The molecule has 1 heterocycles. The highest BCUT2D eigenvalue weighted by Gasteiger charge is 2.21. The Kier molecular flexibility index (Phi) is 6.13. The molecular formula is C14H26ClN3. The molecule has 3 nitrogen and oxygen atoms in total. The Morgan fingerprint density at radius 3 is 2.17 bits per heavy atom. The summed E-state index contributed by atoms with van der Waals surface area (Å²) in [6.45, 7) is 8.76. The number of rotatable bonds is 7. The molecule has 0 aromatic carbocycles. The van der Waals surface area contributed by atoms with Gasteiger partial charge >= 0.3 is 0 Å².